The zero-order valence-electron chi connectivity index (χ0n) is 9.61. The van der Waals surface area contributed by atoms with Crippen LogP contribution >= 0.6 is 0 Å². The normalized spacial score (nSPS) is 14.2. The van der Waals surface area contributed by atoms with E-state index in [4.69, 9.17) is 0 Å². The lowest BCUT2D eigenvalue weighted by molar-refractivity contribution is 0.583. The first-order chi connectivity index (χ1) is 7.39. The molecule has 0 amide bonds. The van der Waals surface area contributed by atoms with Gasteiger partial charge in [-0.15, -0.1) is 0 Å². The van der Waals surface area contributed by atoms with Crippen LogP contribution in [0, 0.1) is 5.95 Å². The van der Waals surface area contributed by atoms with Crippen LogP contribution in [-0.4, -0.2) is 20.2 Å². The highest BCUT2D eigenvalue weighted by atomic mass is 32.2. The third-order valence-electron chi connectivity index (χ3n) is 1.81. The zero-order valence-corrected chi connectivity index (χ0v) is 10.4. The molecule has 1 atom stereocenters. The average Bonchev–Trinajstić information content (AvgIpc) is 2.19. The summed E-state index contributed by atoms with van der Waals surface area (Å²) >= 11 is 0. The van der Waals surface area contributed by atoms with Crippen molar-refractivity contribution in [3.63, 3.8) is 0 Å². The van der Waals surface area contributed by atoms with Crippen molar-refractivity contribution in [3.8, 4) is 0 Å². The van der Waals surface area contributed by atoms with E-state index in [0.29, 0.717) is 6.42 Å². The Balaban J connectivity index is 2.55. The summed E-state index contributed by atoms with van der Waals surface area (Å²) in [5, 5.41) is 0. The molecule has 0 spiro atoms. The van der Waals surface area contributed by atoms with Crippen LogP contribution in [0.5, 0.6) is 0 Å². The lowest BCUT2D eigenvalue weighted by Gasteiger charge is -2.12. The fourth-order valence-electron chi connectivity index (χ4n) is 0.896. The lowest BCUT2D eigenvalue weighted by atomic mass is 10.2. The summed E-state index contributed by atoms with van der Waals surface area (Å²) in [5.41, 5.74) is 0.844. The number of hydrogen-bond donors (Lipinski definition) is 0. The highest BCUT2D eigenvalue weighted by Gasteiger charge is 2.17. The third kappa shape index (κ3) is 4.18. The number of halogens is 1. The van der Waals surface area contributed by atoms with Crippen LogP contribution in [0.25, 0.3) is 0 Å². The van der Waals surface area contributed by atoms with Gasteiger partial charge in [0.25, 0.3) is 0 Å². The van der Waals surface area contributed by atoms with Gasteiger partial charge in [-0.2, -0.15) is 8.79 Å². The topological polar surface area (TPSA) is 42.3 Å². The van der Waals surface area contributed by atoms with Crippen molar-refractivity contribution in [2.24, 2.45) is 4.40 Å². The molecule has 0 radical (unpaired) electrons. The second kappa shape index (κ2) is 5.30. The van der Waals surface area contributed by atoms with E-state index in [0.717, 1.165) is 5.56 Å². The van der Waals surface area contributed by atoms with Crippen molar-refractivity contribution >= 4 is 17.2 Å². The standard InChI is InChI=1S/C11H15FN2OS/c1-11(2,3)16(15)14-7-6-9-4-5-10(12)13-8-9/h4-5,7-8H,6H2,1-3H3. The molecule has 0 aliphatic rings. The van der Waals surface area contributed by atoms with Gasteiger partial charge < -0.3 is 0 Å². The largest absolute Gasteiger partial charge is 0.234 e. The van der Waals surface area contributed by atoms with Crippen LogP contribution in [-0.2, 0) is 17.4 Å². The lowest BCUT2D eigenvalue weighted by Crippen LogP contribution is -2.19. The first-order valence-electron chi connectivity index (χ1n) is 4.94. The predicted octanol–water partition coefficient (Wildman–Crippen LogP) is 2.30. The molecule has 3 nitrogen and oxygen atoms in total. The maximum atomic E-state index is 12.5. The molecule has 1 heterocycles. The van der Waals surface area contributed by atoms with E-state index < -0.39 is 16.9 Å². The SMILES string of the molecule is CC(C)(C)S(=O)N=CCc1ccc(F)nc1. The Hall–Kier alpha value is -1.10. The highest BCUT2D eigenvalue weighted by molar-refractivity contribution is 7.85. The second-order valence-electron chi connectivity index (χ2n) is 4.34. The van der Waals surface area contributed by atoms with Gasteiger partial charge in [-0.1, -0.05) is 6.07 Å². The Morgan fingerprint density at radius 3 is 2.69 bits per heavy atom. The number of rotatable bonds is 3. The number of pyridine rings is 1. The molecule has 88 valence electrons. The molecule has 0 saturated carbocycles. The average molecular weight is 242 g/mol. The smallest absolute Gasteiger partial charge is 0.212 e. The molecule has 0 N–H and O–H groups in total. The summed E-state index contributed by atoms with van der Waals surface area (Å²) in [6, 6.07) is 2.93. The van der Waals surface area contributed by atoms with E-state index >= 15 is 0 Å². The molecule has 0 aromatic carbocycles. The minimum atomic E-state index is -1.24. The van der Waals surface area contributed by atoms with Crippen LogP contribution in [0.15, 0.2) is 22.7 Å². The minimum Gasteiger partial charge on any atom is -0.234 e. The van der Waals surface area contributed by atoms with Crippen LogP contribution in [0.1, 0.15) is 26.3 Å². The molecular formula is C11H15FN2OS. The van der Waals surface area contributed by atoms with Crippen molar-refractivity contribution in [1.29, 1.82) is 0 Å². The number of nitrogens with zero attached hydrogens (tertiary/aromatic N) is 2. The predicted molar refractivity (Wildman–Crippen MR) is 64.3 cm³/mol. The first-order valence-corrected chi connectivity index (χ1v) is 6.05. The van der Waals surface area contributed by atoms with Crippen LogP contribution in [0.4, 0.5) is 4.39 Å². The Labute approximate surface area is 97.4 Å². The van der Waals surface area contributed by atoms with Gasteiger partial charge in [-0.25, -0.2) is 9.19 Å². The molecule has 16 heavy (non-hydrogen) atoms. The summed E-state index contributed by atoms with van der Waals surface area (Å²) in [5.74, 6) is -0.501. The van der Waals surface area contributed by atoms with Crippen LogP contribution < -0.4 is 0 Å². The van der Waals surface area contributed by atoms with Gasteiger partial charge >= 0.3 is 0 Å². The summed E-state index contributed by atoms with van der Waals surface area (Å²) in [4.78, 5) is 3.52. The summed E-state index contributed by atoms with van der Waals surface area (Å²) in [6.45, 7) is 5.58. The van der Waals surface area contributed by atoms with Crippen molar-refractivity contribution in [2.75, 3.05) is 0 Å². The maximum Gasteiger partial charge on any atom is 0.212 e. The number of aromatic nitrogens is 1. The highest BCUT2D eigenvalue weighted by Crippen LogP contribution is 2.11. The molecule has 5 heteroatoms. The maximum absolute atomic E-state index is 12.5. The second-order valence-corrected chi connectivity index (χ2v) is 6.28. The van der Waals surface area contributed by atoms with E-state index in [9.17, 15) is 8.60 Å². The molecule has 0 aliphatic heterocycles. The molecule has 0 bridgehead atoms. The van der Waals surface area contributed by atoms with E-state index in [1.165, 1.54) is 12.3 Å². The quantitative estimate of drug-likeness (QED) is 0.603. The summed E-state index contributed by atoms with van der Waals surface area (Å²) in [6.07, 6.45) is 3.53. The first kappa shape index (κ1) is 13.0. The number of hydrogen-bond acceptors (Lipinski definition) is 2. The van der Waals surface area contributed by atoms with Crippen LogP contribution in [0.2, 0.25) is 0 Å². The Morgan fingerprint density at radius 1 is 1.50 bits per heavy atom. The van der Waals surface area contributed by atoms with Gasteiger partial charge in [0.2, 0.25) is 5.95 Å². The molecular weight excluding hydrogens is 227 g/mol. The monoisotopic (exact) mass is 242 g/mol. The van der Waals surface area contributed by atoms with Gasteiger partial charge in [-0.3, -0.25) is 0 Å². The fourth-order valence-corrected chi connectivity index (χ4v) is 1.42. The molecule has 1 aromatic rings. The van der Waals surface area contributed by atoms with Gasteiger partial charge in [0.15, 0.2) is 0 Å². The van der Waals surface area contributed by atoms with Crippen molar-refractivity contribution in [2.45, 2.75) is 31.9 Å². The van der Waals surface area contributed by atoms with E-state index in [1.807, 2.05) is 20.8 Å². The van der Waals surface area contributed by atoms with E-state index in [1.54, 1.807) is 12.3 Å². The minimum absolute atomic E-state index is 0.350. The van der Waals surface area contributed by atoms with Crippen molar-refractivity contribution in [1.82, 2.24) is 4.98 Å². The molecule has 1 unspecified atom stereocenters. The van der Waals surface area contributed by atoms with E-state index in [-0.39, 0.29) is 4.75 Å². The molecule has 0 aliphatic carbocycles. The summed E-state index contributed by atoms with van der Waals surface area (Å²) in [7, 11) is -1.24. The summed E-state index contributed by atoms with van der Waals surface area (Å²) < 4.78 is 27.6. The molecule has 0 fully saturated rings. The van der Waals surface area contributed by atoms with Gasteiger partial charge in [-0.05, 0) is 32.4 Å². The van der Waals surface area contributed by atoms with Gasteiger partial charge in [0.1, 0.15) is 11.0 Å². The van der Waals surface area contributed by atoms with Crippen LogP contribution in [0.3, 0.4) is 0 Å². The zero-order chi connectivity index (χ0) is 12.2. The van der Waals surface area contributed by atoms with E-state index in [2.05, 4.69) is 9.38 Å². The Kier molecular flexibility index (Phi) is 4.29. The molecule has 0 saturated heterocycles. The Bertz CT molecular complexity index is 395. The fraction of sp³-hybridized carbons (Fsp3) is 0.455. The van der Waals surface area contributed by atoms with Crippen molar-refractivity contribution in [3.05, 3.63) is 29.8 Å². The molecule has 1 aromatic heterocycles. The van der Waals surface area contributed by atoms with Crippen molar-refractivity contribution < 1.29 is 8.60 Å². The molecule has 1 rings (SSSR count). The third-order valence-corrected chi connectivity index (χ3v) is 3.20. The van der Waals surface area contributed by atoms with Gasteiger partial charge in [0, 0.05) is 18.8 Å². The Morgan fingerprint density at radius 2 is 2.19 bits per heavy atom. The van der Waals surface area contributed by atoms with Gasteiger partial charge in [0.05, 0.1) is 4.75 Å².